The smallest absolute Gasteiger partial charge is 0.255 e. The summed E-state index contributed by atoms with van der Waals surface area (Å²) in [6.07, 6.45) is 8.30. The average molecular weight is 507 g/mol. The van der Waals surface area contributed by atoms with E-state index in [4.69, 9.17) is 9.47 Å². The van der Waals surface area contributed by atoms with Crippen LogP contribution in [0.3, 0.4) is 0 Å². The Hall–Kier alpha value is -3.42. The van der Waals surface area contributed by atoms with Crippen molar-refractivity contribution in [3.63, 3.8) is 0 Å². The molecule has 0 bridgehead atoms. The van der Waals surface area contributed by atoms with Gasteiger partial charge in [0.2, 0.25) is 5.91 Å². The monoisotopic (exact) mass is 506 g/mol. The van der Waals surface area contributed by atoms with Crippen molar-refractivity contribution in [3.8, 4) is 11.5 Å². The van der Waals surface area contributed by atoms with Crippen LogP contribution in [0, 0.1) is 5.92 Å². The van der Waals surface area contributed by atoms with Gasteiger partial charge < -0.3 is 30.4 Å². The molecule has 8 nitrogen and oxygen atoms in total. The largest absolute Gasteiger partial charge is 0.497 e. The number of carbonyl (C=O) groups is 2. The van der Waals surface area contributed by atoms with Gasteiger partial charge in [0.05, 0.1) is 31.0 Å². The first-order valence-electron chi connectivity index (χ1n) is 13.5. The van der Waals surface area contributed by atoms with Crippen molar-refractivity contribution in [1.82, 2.24) is 20.9 Å². The van der Waals surface area contributed by atoms with Gasteiger partial charge in [-0.3, -0.25) is 9.59 Å². The third-order valence-electron chi connectivity index (χ3n) is 7.75. The number of allylic oxidation sites excluding steroid dienone is 1. The van der Waals surface area contributed by atoms with Gasteiger partial charge in [0.15, 0.2) is 0 Å². The van der Waals surface area contributed by atoms with Crippen molar-refractivity contribution in [3.05, 3.63) is 53.0 Å². The Morgan fingerprint density at radius 1 is 1.00 bits per heavy atom. The molecule has 198 valence electrons. The molecule has 1 aromatic carbocycles. The molecule has 2 fully saturated rings. The Morgan fingerprint density at radius 2 is 1.73 bits per heavy atom. The lowest BCUT2D eigenvalue weighted by atomic mass is 9.89. The summed E-state index contributed by atoms with van der Waals surface area (Å²) in [5.41, 5.74) is 4.29. The van der Waals surface area contributed by atoms with Crippen LogP contribution in [-0.2, 0) is 9.59 Å². The zero-order valence-corrected chi connectivity index (χ0v) is 22.0. The second-order valence-corrected chi connectivity index (χ2v) is 10.5. The van der Waals surface area contributed by atoms with Gasteiger partial charge in [-0.25, -0.2) is 0 Å². The van der Waals surface area contributed by atoms with Gasteiger partial charge in [0.1, 0.15) is 11.5 Å². The number of amides is 2. The SMILES string of the molecule is CCC(=O)NC1CCC(NC(=O)C2=C(C)NC(c3cc(OC)ccc3OCC3CC3)c3cc[nH]c32)CC1. The van der Waals surface area contributed by atoms with E-state index < -0.39 is 0 Å². The molecule has 1 unspecified atom stereocenters. The maximum atomic E-state index is 13.5. The fraction of sp³-hybridized carbons (Fsp3) is 0.517. The van der Waals surface area contributed by atoms with E-state index in [2.05, 4.69) is 20.9 Å². The molecule has 2 aromatic rings. The van der Waals surface area contributed by atoms with Crippen molar-refractivity contribution < 1.29 is 19.1 Å². The number of aromatic nitrogens is 1. The molecule has 1 aliphatic heterocycles. The van der Waals surface area contributed by atoms with E-state index in [1.165, 1.54) is 12.8 Å². The van der Waals surface area contributed by atoms with Crippen molar-refractivity contribution in [2.75, 3.05) is 13.7 Å². The number of ether oxygens (including phenoxy) is 2. The number of methoxy groups -OCH3 is 1. The lowest BCUT2D eigenvalue weighted by Gasteiger charge is -2.32. The van der Waals surface area contributed by atoms with Crippen LogP contribution in [-0.4, -0.2) is 42.6 Å². The maximum Gasteiger partial charge on any atom is 0.255 e. The van der Waals surface area contributed by atoms with E-state index in [1.807, 2.05) is 44.3 Å². The third kappa shape index (κ3) is 5.63. The lowest BCUT2D eigenvalue weighted by Crippen LogP contribution is -2.44. The predicted molar refractivity (Wildman–Crippen MR) is 142 cm³/mol. The van der Waals surface area contributed by atoms with Gasteiger partial charge in [0.25, 0.3) is 5.91 Å². The van der Waals surface area contributed by atoms with Crippen LogP contribution in [0.25, 0.3) is 5.57 Å². The van der Waals surface area contributed by atoms with E-state index in [9.17, 15) is 9.59 Å². The minimum Gasteiger partial charge on any atom is -0.497 e. The zero-order chi connectivity index (χ0) is 25.9. The maximum absolute atomic E-state index is 13.5. The van der Waals surface area contributed by atoms with Crippen LogP contribution >= 0.6 is 0 Å². The van der Waals surface area contributed by atoms with E-state index in [0.717, 1.165) is 66.3 Å². The Kier molecular flexibility index (Phi) is 7.44. The highest BCUT2D eigenvalue weighted by atomic mass is 16.5. The zero-order valence-electron chi connectivity index (χ0n) is 22.0. The Balaban J connectivity index is 1.32. The van der Waals surface area contributed by atoms with Gasteiger partial charge in [-0.05, 0) is 75.6 Å². The van der Waals surface area contributed by atoms with E-state index >= 15 is 0 Å². The van der Waals surface area contributed by atoms with Crippen LogP contribution in [0.1, 0.15) is 81.7 Å². The van der Waals surface area contributed by atoms with Crippen LogP contribution in [0.4, 0.5) is 0 Å². The standard InChI is InChI=1S/C29H38N4O4/c1-4-25(34)32-19-7-9-20(10-8-19)33-29(35)26-17(2)31-27(22-13-14-30-28(22)26)23-15-21(36-3)11-12-24(23)37-16-18-5-6-18/h11-15,18-20,27,30-31H,4-10,16H2,1-3H3,(H,32,34)(H,33,35). The molecule has 37 heavy (non-hydrogen) atoms. The molecule has 1 aromatic heterocycles. The second kappa shape index (κ2) is 10.9. The molecule has 8 heteroatoms. The number of nitrogens with one attached hydrogen (secondary N) is 4. The normalized spacial score (nSPS) is 23.1. The molecule has 0 spiro atoms. The van der Waals surface area contributed by atoms with Crippen LogP contribution < -0.4 is 25.4 Å². The summed E-state index contributed by atoms with van der Waals surface area (Å²) >= 11 is 0. The topological polar surface area (TPSA) is 104 Å². The number of fused-ring (bicyclic) bond motifs is 1. The summed E-state index contributed by atoms with van der Waals surface area (Å²) in [6, 6.07) is 8.08. The third-order valence-corrected chi connectivity index (χ3v) is 7.75. The lowest BCUT2D eigenvalue weighted by molar-refractivity contribution is -0.122. The van der Waals surface area contributed by atoms with Crippen molar-refractivity contribution >= 4 is 17.4 Å². The Bertz CT molecular complexity index is 1170. The summed E-state index contributed by atoms with van der Waals surface area (Å²) in [6.45, 7) is 4.54. The first-order chi connectivity index (χ1) is 18.0. The van der Waals surface area contributed by atoms with Crippen molar-refractivity contribution in [1.29, 1.82) is 0 Å². The highest BCUT2D eigenvalue weighted by Gasteiger charge is 2.33. The van der Waals surface area contributed by atoms with Crippen LogP contribution in [0.2, 0.25) is 0 Å². The van der Waals surface area contributed by atoms with Gasteiger partial charge in [0, 0.05) is 41.5 Å². The number of rotatable bonds is 9. The van der Waals surface area contributed by atoms with E-state index in [1.54, 1.807) is 7.11 Å². The first kappa shape index (κ1) is 25.2. The summed E-state index contributed by atoms with van der Waals surface area (Å²) in [5.74, 6) is 2.26. The molecule has 2 aliphatic carbocycles. The van der Waals surface area contributed by atoms with Crippen molar-refractivity contribution in [2.24, 2.45) is 5.92 Å². The minimum atomic E-state index is -0.167. The molecule has 1 atom stereocenters. The molecule has 2 amide bonds. The second-order valence-electron chi connectivity index (χ2n) is 10.5. The molecule has 3 aliphatic rings. The highest BCUT2D eigenvalue weighted by Crippen LogP contribution is 2.41. The Labute approximate surface area is 218 Å². The summed E-state index contributed by atoms with van der Waals surface area (Å²) in [7, 11) is 1.67. The van der Waals surface area contributed by atoms with Gasteiger partial charge in [-0.1, -0.05) is 6.92 Å². The number of H-pyrrole nitrogens is 1. The number of aromatic amines is 1. The molecule has 5 rings (SSSR count). The summed E-state index contributed by atoms with van der Waals surface area (Å²) in [5, 5.41) is 9.92. The fourth-order valence-electron chi connectivity index (χ4n) is 5.39. The molecule has 0 saturated heterocycles. The molecule has 0 radical (unpaired) electrons. The Morgan fingerprint density at radius 3 is 2.41 bits per heavy atom. The van der Waals surface area contributed by atoms with Crippen LogP contribution in [0.5, 0.6) is 11.5 Å². The van der Waals surface area contributed by atoms with Gasteiger partial charge in [-0.15, -0.1) is 0 Å². The fourth-order valence-corrected chi connectivity index (χ4v) is 5.39. The molecule has 4 N–H and O–H groups in total. The van der Waals surface area contributed by atoms with E-state index in [-0.39, 0.29) is 29.9 Å². The molecular formula is C29H38N4O4. The quantitative estimate of drug-likeness (QED) is 0.408. The first-order valence-corrected chi connectivity index (χ1v) is 13.5. The van der Waals surface area contributed by atoms with Gasteiger partial charge >= 0.3 is 0 Å². The van der Waals surface area contributed by atoms with Crippen LogP contribution in [0.15, 0.2) is 36.2 Å². The molecule has 2 saturated carbocycles. The number of carbonyl (C=O) groups excluding carboxylic acids is 2. The predicted octanol–water partition coefficient (Wildman–Crippen LogP) is 4.19. The molecular weight excluding hydrogens is 468 g/mol. The number of hydrogen-bond donors (Lipinski definition) is 4. The van der Waals surface area contributed by atoms with E-state index in [0.29, 0.717) is 17.9 Å². The average Bonchev–Trinajstić information content (AvgIpc) is 3.62. The number of benzene rings is 1. The number of hydrogen-bond acceptors (Lipinski definition) is 5. The van der Waals surface area contributed by atoms with Gasteiger partial charge in [-0.2, -0.15) is 0 Å². The van der Waals surface area contributed by atoms with Crippen molar-refractivity contribution in [2.45, 2.75) is 76.9 Å². The summed E-state index contributed by atoms with van der Waals surface area (Å²) < 4.78 is 11.8. The highest BCUT2D eigenvalue weighted by molar-refractivity contribution is 6.20. The summed E-state index contributed by atoms with van der Waals surface area (Å²) in [4.78, 5) is 28.5. The minimum absolute atomic E-state index is 0.0796. The molecule has 2 heterocycles.